The van der Waals surface area contributed by atoms with E-state index < -0.39 is 45.2 Å². The maximum Gasteiger partial charge on any atom is 0.255 e. The van der Waals surface area contributed by atoms with Crippen LogP contribution in [0.1, 0.15) is 72.7 Å². The van der Waals surface area contributed by atoms with Crippen molar-refractivity contribution < 1.29 is 32.3 Å². The molecule has 2 aromatic rings. The summed E-state index contributed by atoms with van der Waals surface area (Å²) in [5.74, 6) is -2.79. The van der Waals surface area contributed by atoms with Gasteiger partial charge in [0.05, 0.1) is 11.8 Å². The van der Waals surface area contributed by atoms with Gasteiger partial charge >= 0.3 is 0 Å². The smallest absolute Gasteiger partial charge is 0.255 e. The summed E-state index contributed by atoms with van der Waals surface area (Å²) in [6.07, 6.45) is 2.92. The van der Waals surface area contributed by atoms with Crippen LogP contribution in [0.25, 0.3) is 0 Å². The standard InChI is InChI=1S/C29H40N6O7S/c1-5-17(2)29(3)28(39)33-22(8-6-7-13-30)27(38)32-23-14-18(25(31)36)9-10-19(23)16-42-24-12-11-20(35-43(4,40)41)15-21(24)26(37)34-29/h9-12,14-15,17,22,35H,5-8,13,16,30H2,1-4H3,(H2,31,36)(H,32,38)(H,33,39)(H,34,37)/t17-,22-,29?/m0/s1. The molecule has 3 rings (SSSR count). The Kier molecular flexibility index (Phi) is 10.8. The van der Waals surface area contributed by atoms with Crippen molar-refractivity contribution in [3.8, 4) is 5.75 Å². The van der Waals surface area contributed by atoms with Gasteiger partial charge in [0.1, 0.15) is 23.9 Å². The minimum Gasteiger partial charge on any atom is -0.488 e. The molecule has 0 bridgehead atoms. The summed E-state index contributed by atoms with van der Waals surface area (Å²) in [6, 6.07) is 7.64. The fourth-order valence-corrected chi connectivity index (χ4v) is 5.20. The zero-order chi connectivity index (χ0) is 31.9. The number of rotatable bonds is 9. The molecular weight excluding hydrogens is 576 g/mol. The minimum absolute atomic E-state index is 0.0214. The van der Waals surface area contributed by atoms with E-state index in [-0.39, 0.29) is 47.2 Å². The van der Waals surface area contributed by atoms with E-state index in [1.165, 1.54) is 30.3 Å². The van der Waals surface area contributed by atoms with Crippen LogP contribution in [-0.4, -0.2) is 56.4 Å². The SMILES string of the molecule is CC[C@H](C)C1(C)NC(=O)c2cc(NS(C)(=O)=O)ccc2OCc2ccc(C(N)=O)cc2NC(=O)[C@H](CCCCN)NC1=O. The van der Waals surface area contributed by atoms with Gasteiger partial charge in [0.25, 0.3) is 5.91 Å². The highest BCUT2D eigenvalue weighted by Crippen LogP contribution is 2.29. The van der Waals surface area contributed by atoms with Gasteiger partial charge in [0.2, 0.25) is 27.7 Å². The summed E-state index contributed by atoms with van der Waals surface area (Å²) in [6.45, 7) is 5.50. The van der Waals surface area contributed by atoms with Gasteiger partial charge in [-0.25, -0.2) is 8.42 Å². The molecule has 14 heteroatoms. The molecule has 4 amide bonds. The Morgan fingerprint density at radius 3 is 2.51 bits per heavy atom. The Labute approximate surface area is 251 Å². The van der Waals surface area contributed by atoms with Crippen molar-refractivity contribution in [1.82, 2.24) is 10.6 Å². The predicted molar refractivity (Wildman–Crippen MR) is 163 cm³/mol. The quantitative estimate of drug-likeness (QED) is 0.228. The molecule has 43 heavy (non-hydrogen) atoms. The number of anilines is 2. The largest absolute Gasteiger partial charge is 0.488 e. The van der Waals surface area contributed by atoms with Crippen molar-refractivity contribution in [3.63, 3.8) is 0 Å². The van der Waals surface area contributed by atoms with Crippen molar-refractivity contribution in [2.45, 2.75) is 64.6 Å². The second-order valence-electron chi connectivity index (χ2n) is 10.9. The van der Waals surface area contributed by atoms with Gasteiger partial charge in [-0.15, -0.1) is 0 Å². The third-order valence-corrected chi connectivity index (χ3v) is 8.18. The van der Waals surface area contributed by atoms with Gasteiger partial charge in [0.15, 0.2) is 0 Å². The van der Waals surface area contributed by atoms with E-state index in [1.54, 1.807) is 19.9 Å². The topological polar surface area (TPSA) is 212 Å². The molecule has 0 saturated heterocycles. The molecule has 1 heterocycles. The number of sulfonamides is 1. The lowest BCUT2D eigenvalue weighted by molar-refractivity contribution is -0.132. The summed E-state index contributed by atoms with van der Waals surface area (Å²) in [5, 5.41) is 8.45. The van der Waals surface area contributed by atoms with Crippen molar-refractivity contribution in [2.24, 2.45) is 17.4 Å². The molecule has 1 unspecified atom stereocenters. The van der Waals surface area contributed by atoms with E-state index in [0.717, 1.165) is 6.26 Å². The van der Waals surface area contributed by atoms with E-state index in [9.17, 15) is 27.6 Å². The maximum atomic E-state index is 13.9. The van der Waals surface area contributed by atoms with E-state index in [4.69, 9.17) is 16.2 Å². The number of hydrogen-bond acceptors (Lipinski definition) is 8. The van der Waals surface area contributed by atoms with Crippen LogP contribution in [-0.2, 0) is 26.2 Å². The van der Waals surface area contributed by atoms with Crippen LogP contribution in [0.4, 0.5) is 11.4 Å². The summed E-state index contributed by atoms with van der Waals surface area (Å²) in [7, 11) is -3.66. The molecule has 0 aromatic heterocycles. The number of nitrogens with two attached hydrogens (primary N) is 2. The molecule has 0 radical (unpaired) electrons. The lowest BCUT2D eigenvalue weighted by Crippen LogP contribution is -2.63. The normalized spacial score (nSPS) is 20.2. The Morgan fingerprint density at radius 2 is 1.88 bits per heavy atom. The molecule has 0 spiro atoms. The van der Waals surface area contributed by atoms with Gasteiger partial charge in [-0.1, -0.05) is 26.3 Å². The molecule has 1 aliphatic heterocycles. The molecule has 0 aliphatic carbocycles. The number of amides is 4. The molecule has 234 valence electrons. The van der Waals surface area contributed by atoms with Gasteiger partial charge < -0.3 is 32.2 Å². The average Bonchev–Trinajstić information content (AvgIpc) is 2.94. The van der Waals surface area contributed by atoms with Crippen LogP contribution < -0.4 is 36.9 Å². The lowest BCUT2D eigenvalue weighted by atomic mass is 9.83. The number of hydrogen-bond donors (Lipinski definition) is 6. The van der Waals surface area contributed by atoms with Gasteiger partial charge in [-0.05, 0) is 69.0 Å². The number of primary amides is 1. The van der Waals surface area contributed by atoms with Crippen LogP contribution >= 0.6 is 0 Å². The van der Waals surface area contributed by atoms with Crippen molar-refractivity contribution in [3.05, 3.63) is 53.1 Å². The van der Waals surface area contributed by atoms with Crippen LogP contribution in [0.15, 0.2) is 36.4 Å². The van der Waals surface area contributed by atoms with Crippen LogP contribution in [0.5, 0.6) is 5.75 Å². The first-order chi connectivity index (χ1) is 20.2. The summed E-state index contributed by atoms with van der Waals surface area (Å²) in [4.78, 5) is 53.2. The van der Waals surface area contributed by atoms with E-state index in [2.05, 4.69) is 20.7 Å². The monoisotopic (exact) mass is 616 g/mol. The van der Waals surface area contributed by atoms with E-state index >= 15 is 0 Å². The molecule has 0 fully saturated rings. The number of unbranched alkanes of at least 4 members (excludes halogenated alkanes) is 1. The van der Waals surface area contributed by atoms with Crippen molar-refractivity contribution in [2.75, 3.05) is 22.8 Å². The Hall–Kier alpha value is -4.17. The molecular formula is C29H40N6O7S. The number of carbonyl (C=O) groups excluding carboxylic acids is 4. The Morgan fingerprint density at radius 1 is 1.16 bits per heavy atom. The summed E-state index contributed by atoms with van der Waals surface area (Å²) >= 11 is 0. The second kappa shape index (κ2) is 13.9. The number of nitrogens with one attached hydrogen (secondary N) is 4. The highest BCUT2D eigenvalue weighted by molar-refractivity contribution is 7.92. The molecule has 1 aliphatic rings. The number of benzene rings is 2. The molecule has 3 atom stereocenters. The first-order valence-corrected chi connectivity index (χ1v) is 15.9. The van der Waals surface area contributed by atoms with E-state index in [0.29, 0.717) is 31.4 Å². The fourth-order valence-electron chi connectivity index (χ4n) is 4.64. The number of fused-ring (bicyclic) bond motifs is 2. The molecule has 13 nitrogen and oxygen atoms in total. The van der Waals surface area contributed by atoms with Gasteiger partial charge in [-0.3, -0.25) is 23.9 Å². The van der Waals surface area contributed by atoms with Crippen molar-refractivity contribution >= 4 is 45.0 Å². The summed E-state index contributed by atoms with van der Waals surface area (Å²) in [5.41, 5.74) is 10.6. The molecule has 8 N–H and O–H groups in total. The zero-order valence-corrected chi connectivity index (χ0v) is 25.6. The Bertz CT molecular complexity index is 1500. The molecule has 0 saturated carbocycles. The molecule has 2 aromatic carbocycles. The van der Waals surface area contributed by atoms with Gasteiger partial charge in [-0.2, -0.15) is 0 Å². The number of carbonyl (C=O) groups is 4. The number of ether oxygens (including phenoxy) is 1. The maximum absolute atomic E-state index is 13.9. The minimum atomic E-state index is -3.66. The Balaban J connectivity index is 2.19. The highest BCUT2D eigenvalue weighted by atomic mass is 32.2. The van der Waals surface area contributed by atoms with Crippen LogP contribution in [0, 0.1) is 5.92 Å². The van der Waals surface area contributed by atoms with Crippen LogP contribution in [0.3, 0.4) is 0 Å². The first kappa shape index (κ1) is 33.3. The lowest BCUT2D eigenvalue weighted by Gasteiger charge is -2.36. The zero-order valence-electron chi connectivity index (χ0n) is 24.8. The first-order valence-electron chi connectivity index (χ1n) is 14.0. The van der Waals surface area contributed by atoms with Crippen molar-refractivity contribution in [1.29, 1.82) is 0 Å². The third kappa shape index (κ3) is 8.45. The van der Waals surface area contributed by atoms with Crippen LogP contribution in [0.2, 0.25) is 0 Å². The summed E-state index contributed by atoms with van der Waals surface area (Å²) < 4.78 is 32.2. The third-order valence-electron chi connectivity index (χ3n) is 7.57. The second-order valence-corrected chi connectivity index (χ2v) is 12.6. The average molecular weight is 617 g/mol. The highest BCUT2D eigenvalue weighted by Gasteiger charge is 2.42. The fraction of sp³-hybridized carbons (Fsp3) is 0.448. The van der Waals surface area contributed by atoms with E-state index in [1.807, 2.05) is 6.92 Å². The predicted octanol–water partition coefficient (Wildman–Crippen LogP) is 1.84. The van der Waals surface area contributed by atoms with Gasteiger partial charge in [0, 0.05) is 22.5 Å².